The van der Waals surface area contributed by atoms with E-state index in [0.29, 0.717) is 6.04 Å². The van der Waals surface area contributed by atoms with Crippen molar-refractivity contribution >= 4 is 15.9 Å². The maximum absolute atomic E-state index is 4.44. The topological polar surface area (TPSA) is 29.9 Å². The second kappa shape index (κ2) is 3.80. The molecule has 4 heteroatoms. The van der Waals surface area contributed by atoms with Crippen LogP contribution in [0, 0.1) is 6.92 Å². The maximum atomic E-state index is 4.44. The summed E-state index contributed by atoms with van der Waals surface area (Å²) in [5, 5.41) is 7.80. The number of hydrogen-bond acceptors (Lipinski definition) is 2. The van der Waals surface area contributed by atoms with Crippen molar-refractivity contribution in [2.75, 3.05) is 13.1 Å². The van der Waals surface area contributed by atoms with E-state index in [1.165, 1.54) is 18.5 Å². The number of rotatable bonds is 1. The molecule has 13 heavy (non-hydrogen) atoms. The summed E-state index contributed by atoms with van der Waals surface area (Å²) >= 11 is 3.40. The number of nitrogens with zero attached hydrogens (tertiary/aromatic N) is 2. The highest BCUT2D eigenvalue weighted by Crippen LogP contribution is 2.21. The monoisotopic (exact) mass is 243 g/mol. The predicted octanol–water partition coefficient (Wildman–Crippen LogP) is 1.88. The van der Waals surface area contributed by atoms with Crippen molar-refractivity contribution in [3.63, 3.8) is 0 Å². The van der Waals surface area contributed by atoms with Crippen LogP contribution in [0.5, 0.6) is 0 Å². The minimum Gasteiger partial charge on any atom is -0.317 e. The van der Waals surface area contributed by atoms with Crippen LogP contribution in [0.15, 0.2) is 10.7 Å². The van der Waals surface area contributed by atoms with Crippen molar-refractivity contribution in [3.05, 3.63) is 16.4 Å². The number of aryl methyl sites for hydroxylation is 1. The Bertz CT molecular complexity index is 289. The molecule has 1 N–H and O–H groups in total. The number of nitrogens with one attached hydrogen (secondary N) is 1. The molecule has 0 radical (unpaired) electrons. The van der Waals surface area contributed by atoms with Gasteiger partial charge in [-0.15, -0.1) is 0 Å². The Morgan fingerprint density at radius 3 is 2.77 bits per heavy atom. The number of piperidine rings is 1. The molecule has 0 bridgehead atoms. The summed E-state index contributed by atoms with van der Waals surface area (Å²) in [6.45, 7) is 4.34. The van der Waals surface area contributed by atoms with E-state index < -0.39 is 0 Å². The zero-order valence-electron chi connectivity index (χ0n) is 7.76. The Morgan fingerprint density at radius 1 is 1.54 bits per heavy atom. The Kier molecular flexibility index (Phi) is 2.69. The molecule has 0 spiro atoms. The van der Waals surface area contributed by atoms with Gasteiger partial charge >= 0.3 is 0 Å². The Morgan fingerprint density at radius 2 is 2.23 bits per heavy atom. The van der Waals surface area contributed by atoms with Crippen LogP contribution < -0.4 is 5.32 Å². The van der Waals surface area contributed by atoms with Gasteiger partial charge in [-0.1, -0.05) is 0 Å². The van der Waals surface area contributed by atoms with E-state index in [4.69, 9.17) is 0 Å². The van der Waals surface area contributed by atoms with Gasteiger partial charge in [0.05, 0.1) is 6.04 Å². The van der Waals surface area contributed by atoms with E-state index in [1.807, 2.05) is 0 Å². The van der Waals surface area contributed by atoms with Crippen molar-refractivity contribution in [2.24, 2.45) is 0 Å². The van der Waals surface area contributed by atoms with E-state index in [1.54, 1.807) is 0 Å². The van der Waals surface area contributed by atoms with Crippen molar-refractivity contribution in [1.82, 2.24) is 15.1 Å². The van der Waals surface area contributed by atoms with Crippen molar-refractivity contribution in [3.8, 4) is 0 Å². The smallest absolute Gasteiger partial charge is 0.128 e. The molecular weight excluding hydrogens is 230 g/mol. The van der Waals surface area contributed by atoms with Gasteiger partial charge in [0.1, 0.15) is 4.60 Å². The fourth-order valence-electron chi connectivity index (χ4n) is 1.87. The van der Waals surface area contributed by atoms with Crippen molar-refractivity contribution < 1.29 is 0 Å². The van der Waals surface area contributed by atoms with Crippen LogP contribution in [0.1, 0.15) is 24.6 Å². The Balaban J connectivity index is 2.18. The predicted molar refractivity (Wildman–Crippen MR) is 55.8 cm³/mol. The molecule has 1 aromatic rings. The first kappa shape index (κ1) is 9.21. The second-order valence-electron chi connectivity index (χ2n) is 3.53. The van der Waals surface area contributed by atoms with Crippen LogP contribution in [0.4, 0.5) is 0 Å². The van der Waals surface area contributed by atoms with Gasteiger partial charge in [0.15, 0.2) is 0 Å². The minimum absolute atomic E-state index is 0.590. The zero-order valence-corrected chi connectivity index (χ0v) is 9.34. The molecule has 2 heterocycles. The first-order valence-corrected chi connectivity index (χ1v) is 5.49. The van der Waals surface area contributed by atoms with E-state index >= 15 is 0 Å². The lowest BCUT2D eigenvalue weighted by atomic mass is 10.1. The molecule has 0 saturated carbocycles. The average Bonchev–Trinajstić information content (AvgIpc) is 2.47. The Hall–Kier alpha value is -0.350. The van der Waals surface area contributed by atoms with Crippen LogP contribution >= 0.6 is 15.9 Å². The summed E-state index contributed by atoms with van der Waals surface area (Å²) in [7, 11) is 0. The maximum Gasteiger partial charge on any atom is 0.128 e. The van der Waals surface area contributed by atoms with Gasteiger partial charge in [-0.25, -0.2) is 0 Å². The van der Waals surface area contributed by atoms with Crippen LogP contribution in [-0.2, 0) is 0 Å². The molecule has 0 unspecified atom stereocenters. The van der Waals surface area contributed by atoms with Crippen LogP contribution in [0.3, 0.4) is 0 Å². The SMILES string of the molecule is Cc1cc(Br)nn1C1CCNCC1. The normalized spacial score (nSPS) is 19.2. The number of aromatic nitrogens is 2. The van der Waals surface area contributed by atoms with E-state index in [-0.39, 0.29) is 0 Å². The highest BCUT2D eigenvalue weighted by atomic mass is 79.9. The fraction of sp³-hybridized carbons (Fsp3) is 0.667. The quantitative estimate of drug-likeness (QED) is 0.817. The molecule has 1 aromatic heterocycles. The van der Waals surface area contributed by atoms with E-state index in [9.17, 15) is 0 Å². The second-order valence-corrected chi connectivity index (χ2v) is 4.35. The lowest BCUT2D eigenvalue weighted by Crippen LogP contribution is -2.30. The van der Waals surface area contributed by atoms with Crippen molar-refractivity contribution in [2.45, 2.75) is 25.8 Å². The fourth-order valence-corrected chi connectivity index (χ4v) is 2.37. The van der Waals surface area contributed by atoms with E-state index in [0.717, 1.165) is 17.7 Å². The molecule has 1 aliphatic heterocycles. The zero-order chi connectivity index (χ0) is 9.26. The molecule has 1 fully saturated rings. The molecule has 0 amide bonds. The third-order valence-corrected chi connectivity index (χ3v) is 2.93. The highest BCUT2D eigenvalue weighted by molar-refractivity contribution is 9.10. The average molecular weight is 244 g/mol. The Labute approximate surface area is 86.6 Å². The molecule has 0 aromatic carbocycles. The molecule has 1 aliphatic rings. The largest absolute Gasteiger partial charge is 0.317 e. The third kappa shape index (κ3) is 1.94. The highest BCUT2D eigenvalue weighted by Gasteiger charge is 2.17. The van der Waals surface area contributed by atoms with E-state index in [2.05, 4.69) is 44.0 Å². The lowest BCUT2D eigenvalue weighted by molar-refractivity contribution is 0.337. The molecule has 0 atom stereocenters. The molecular formula is C9H14BrN3. The van der Waals surface area contributed by atoms with Crippen molar-refractivity contribution in [1.29, 1.82) is 0 Å². The molecule has 72 valence electrons. The van der Waals surface area contributed by atoms with Gasteiger partial charge in [-0.3, -0.25) is 4.68 Å². The lowest BCUT2D eigenvalue weighted by Gasteiger charge is -2.23. The summed E-state index contributed by atoms with van der Waals surface area (Å²) in [6, 6.07) is 2.66. The van der Waals surface area contributed by atoms with Gasteiger partial charge in [-0.05, 0) is 54.9 Å². The molecule has 0 aliphatic carbocycles. The van der Waals surface area contributed by atoms with Gasteiger partial charge in [-0.2, -0.15) is 5.10 Å². The first-order valence-electron chi connectivity index (χ1n) is 4.70. The van der Waals surface area contributed by atoms with Gasteiger partial charge in [0, 0.05) is 5.69 Å². The molecule has 2 rings (SSSR count). The van der Waals surface area contributed by atoms with Crippen LogP contribution in [0.2, 0.25) is 0 Å². The van der Waals surface area contributed by atoms with Crippen LogP contribution in [-0.4, -0.2) is 22.9 Å². The standard InChI is InChI=1S/C9H14BrN3/c1-7-6-9(10)12-13(7)8-2-4-11-5-3-8/h6,8,11H,2-5H2,1H3. The molecule has 3 nitrogen and oxygen atoms in total. The van der Waals surface area contributed by atoms with Gasteiger partial charge in [0.25, 0.3) is 0 Å². The summed E-state index contributed by atoms with van der Waals surface area (Å²) in [5.74, 6) is 0. The van der Waals surface area contributed by atoms with Gasteiger partial charge in [0.2, 0.25) is 0 Å². The summed E-state index contributed by atoms with van der Waals surface area (Å²) in [4.78, 5) is 0. The molecule has 1 saturated heterocycles. The summed E-state index contributed by atoms with van der Waals surface area (Å²) in [6.07, 6.45) is 2.38. The van der Waals surface area contributed by atoms with Crippen LogP contribution in [0.25, 0.3) is 0 Å². The van der Waals surface area contributed by atoms with Gasteiger partial charge < -0.3 is 5.32 Å². The first-order chi connectivity index (χ1) is 6.27. The number of hydrogen-bond donors (Lipinski definition) is 1. The summed E-state index contributed by atoms with van der Waals surface area (Å²) < 4.78 is 3.09. The third-order valence-electron chi connectivity index (χ3n) is 2.55. The summed E-state index contributed by atoms with van der Waals surface area (Å²) in [5.41, 5.74) is 1.25. The number of halogens is 1. The minimum atomic E-state index is 0.590.